The van der Waals surface area contributed by atoms with Gasteiger partial charge in [-0.2, -0.15) is 0 Å². The molecule has 5 aliphatic rings. The van der Waals surface area contributed by atoms with E-state index in [9.17, 15) is 0 Å². The van der Waals surface area contributed by atoms with E-state index in [0.29, 0.717) is 6.42 Å². The molecule has 8 bridgehead atoms. The molecule has 0 spiro atoms. The van der Waals surface area contributed by atoms with Gasteiger partial charge in [0, 0.05) is 28.7 Å². The molecule has 0 amide bonds. The molecule has 1 aromatic heterocycles. The lowest BCUT2D eigenvalue weighted by Crippen LogP contribution is -2.45. The predicted octanol–water partition coefficient (Wildman–Crippen LogP) is 9.39. The Balaban J connectivity index is 1.75. The molecule has 0 fully saturated rings. The van der Waals surface area contributed by atoms with E-state index in [1.54, 1.807) is 0 Å². The van der Waals surface area contributed by atoms with Gasteiger partial charge in [-0.1, -0.05) is 54.5 Å². The zero-order chi connectivity index (χ0) is 31.9. The van der Waals surface area contributed by atoms with E-state index in [4.69, 9.17) is 19.8 Å². The van der Waals surface area contributed by atoms with Gasteiger partial charge in [-0.05, 0) is 116 Å². The van der Waals surface area contributed by atoms with Crippen molar-refractivity contribution in [3.63, 3.8) is 0 Å². The molecular formula is C39H47N5O. The van der Waals surface area contributed by atoms with Gasteiger partial charge in [-0.3, -0.25) is 10.3 Å². The molecule has 6 rings (SSSR count). The number of hydrogen-bond acceptors (Lipinski definition) is 5. The van der Waals surface area contributed by atoms with Crippen molar-refractivity contribution in [3.05, 3.63) is 104 Å². The van der Waals surface area contributed by atoms with Crippen LogP contribution in [0.5, 0.6) is 0 Å². The summed E-state index contributed by atoms with van der Waals surface area (Å²) in [5.41, 5.74) is 20.5. The zero-order valence-electron chi connectivity index (χ0n) is 28.2. The van der Waals surface area contributed by atoms with Gasteiger partial charge in [0.2, 0.25) is 0 Å². The fourth-order valence-electron chi connectivity index (χ4n) is 7.85. The first-order valence-corrected chi connectivity index (χ1v) is 17.0. The molecule has 45 heavy (non-hydrogen) atoms. The van der Waals surface area contributed by atoms with Crippen molar-refractivity contribution >= 4 is 29.3 Å². The summed E-state index contributed by atoms with van der Waals surface area (Å²) in [7, 11) is 0. The van der Waals surface area contributed by atoms with Crippen LogP contribution in [-0.2, 0) is 17.7 Å². The first kappa shape index (κ1) is 31.0. The number of aromatic nitrogens is 1. The summed E-state index contributed by atoms with van der Waals surface area (Å²) in [6, 6.07) is 0. The summed E-state index contributed by atoms with van der Waals surface area (Å²) in [6.45, 7) is 17.7. The second-order valence-corrected chi connectivity index (χ2v) is 12.0. The largest absolute Gasteiger partial charge is 0.355 e. The van der Waals surface area contributed by atoms with E-state index in [2.05, 4.69) is 96.2 Å². The zero-order valence-corrected chi connectivity index (χ0v) is 28.2. The lowest BCUT2D eigenvalue weighted by Gasteiger charge is -2.32. The van der Waals surface area contributed by atoms with Gasteiger partial charge in [-0.15, -0.1) is 0 Å². The summed E-state index contributed by atoms with van der Waals surface area (Å²) >= 11 is 0. The van der Waals surface area contributed by atoms with Crippen molar-refractivity contribution in [3.8, 4) is 0 Å². The van der Waals surface area contributed by atoms with E-state index < -0.39 is 5.60 Å². The Hall–Kier alpha value is -4.03. The maximum atomic E-state index is 6.58. The van der Waals surface area contributed by atoms with Gasteiger partial charge >= 0.3 is 0 Å². The Morgan fingerprint density at radius 2 is 1.33 bits per heavy atom. The van der Waals surface area contributed by atoms with Crippen LogP contribution < -0.4 is 5.48 Å². The predicted molar refractivity (Wildman–Crippen MR) is 189 cm³/mol. The standard InChI is InChI=1S/C39H47N5O/c1-9-23-24(10-2)33-21-35-27(13-5)28(14-6)37(43-35)29-18-17-19-40-45-39(16-8)30(15-7)36(44-38(29)39)22-34-26(12-4)25(11-3)32(42-34)20-31(23)41-33/h15,17-22,40,42H,9-14,16H2,1-8H3/b19-17?,29-18?,30-15+,31-20?,35-21?,36-22?. The van der Waals surface area contributed by atoms with Gasteiger partial charge in [0.15, 0.2) is 5.60 Å². The fourth-order valence-corrected chi connectivity index (χ4v) is 7.85. The molecule has 6 nitrogen and oxygen atoms in total. The third-order valence-electron chi connectivity index (χ3n) is 9.94. The SMILES string of the molecule is C/C=C1\C2=Cc3[nH]c(c(CC)c3CC)C=C3N=C(C=C4N=C(C5=CC=CNOC1(CC)C5=N2)C(CC)=C4CC)C(CC)=C3CC. The average Bonchev–Trinajstić information content (AvgIpc) is 3.75. The molecule has 0 saturated carbocycles. The van der Waals surface area contributed by atoms with E-state index in [-0.39, 0.29) is 0 Å². The van der Waals surface area contributed by atoms with Crippen LogP contribution in [0.3, 0.4) is 0 Å². The second-order valence-electron chi connectivity index (χ2n) is 12.0. The molecule has 0 saturated heterocycles. The summed E-state index contributed by atoms with van der Waals surface area (Å²) in [6.07, 6.45) is 21.1. The van der Waals surface area contributed by atoms with Crippen LogP contribution in [0.25, 0.3) is 12.2 Å². The number of H-pyrrole nitrogens is 1. The molecule has 1 atom stereocenters. The molecule has 0 aromatic carbocycles. The lowest BCUT2D eigenvalue weighted by molar-refractivity contribution is -0.0172. The number of allylic oxidation sites excluding steroid dienone is 8. The number of hydrogen-bond donors (Lipinski definition) is 2. The molecule has 5 aliphatic heterocycles. The third kappa shape index (κ3) is 4.77. The van der Waals surface area contributed by atoms with Crippen LogP contribution in [-0.4, -0.2) is 27.7 Å². The van der Waals surface area contributed by atoms with E-state index in [1.807, 2.05) is 12.3 Å². The molecule has 234 valence electrons. The summed E-state index contributed by atoms with van der Waals surface area (Å²) in [4.78, 5) is 26.6. The highest BCUT2D eigenvalue weighted by molar-refractivity contribution is 6.35. The van der Waals surface area contributed by atoms with Crippen LogP contribution >= 0.6 is 0 Å². The van der Waals surface area contributed by atoms with Crippen LogP contribution in [0, 0.1) is 0 Å². The number of aliphatic imine (C=N–C) groups is 3. The van der Waals surface area contributed by atoms with Gasteiger partial charge in [0.1, 0.15) is 0 Å². The molecule has 0 aliphatic carbocycles. The minimum absolute atomic E-state index is 0.715. The molecule has 6 heteroatoms. The maximum absolute atomic E-state index is 6.58. The lowest BCUT2D eigenvalue weighted by atomic mass is 9.80. The Labute approximate surface area is 268 Å². The topological polar surface area (TPSA) is 74.1 Å². The molecule has 1 aromatic rings. The van der Waals surface area contributed by atoms with Gasteiger partial charge < -0.3 is 4.98 Å². The normalized spacial score (nSPS) is 23.3. The minimum atomic E-state index is -0.764. The number of hydroxylamine groups is 1. The van der Waals surface area contributed by atoms with Crippen LogP contribution in [0.15, 0.2) is 96.0 Å². The number of rotatable bonds is 7. The Morgan fingerprint density at radius 3 is 1.93 bits per heavy atom. The van der Waals surface area contributed by atoms with E-state index in [0.717, 1.165) is 95.3 Å². The summed E-state index contributed by atoms with van der Waals surface area (Å²) < 4.78 is 0. The maximum Gasteiger partial charge on any atom is 0.165 e. The van der Waals surface area contributed by atoms with Crippen LogP contribution in [0.4, 0.5) is 0 Å². The highest BCUT2D eigenvalue weighted by atomic mass is 16.7. The smallest absolute Gasteiger partial charge is 0.165 e. The fraction of sp³-hybridized carbons (Fsp3) is 0.410. The Kier molecular flexibility index (Phi) is 8.53. The van der Waals surface area contributed by atoms with Crippen molar-refractivity contribution in [2.24, 2.45) is 15.0 Å². The van der Waals surface area contributed by atoms with Gasteiger partial charge in [0.25, 0.3) is 0 Å². The molecular weight excluding hydrogens is 554 g/mol. The van der Waals surface area contributed by atoms with Crippen molar-refractivity contribution in [2.75, 3.05) is 0 Å². The van der Waals surface area contributed by atoms with E-state index in [1.165, 1.54) is 33.4 Å². The first-order chi connectivity index (χ1) is 21.9. The van der Waals surface area contributed by atoms with Gasteiger partial charge in [-0.25, -0.2) is 15.0 Å². The Morgan fingerprint density at radius 1 is 0.711 bits per heavy atom. The Bertz CT molecular complexity index is 1790. The highest BCUT2D eigenvalue weighted by Crippen LogP contribution is 2.45. The molecule has 2 N–H and O–H groups in total. The number of aromatic amines is 1. The highest BCUT2D eigenvalue weighted by Gasteiger charge is 2.49. The monoisotopic (exact) mass is 601 g/mol. The quantitative estimate of drug-likeness (QED) is 0.327. The van der Waals surface area contributed by atoms with Crippen molar-refractivity contribution in [1.29, 1.82) is 0 Å². The molecule has 0 radical (unpaired) electrons. The molecule has 1 unspecified atom stereocenters. The van der Waals surface area contributed by atoms with E-state index >= 15 is 0 Å². The van der Waals surface area contributed by atoms with Crippen LogP contribution in [0.1, 0.15) is 110 Å². The second kappa shape index (κ2) is 12.4. The van der Waals surface area contributed by atoms with Crippen molar-refractivity contribution in [1.82, 2.24) is 10.5 Å². The van der Waals surface area contributed by atoms with Crippen molar-refractivity contribution in [2.45, 2.75) is 106 Å². The first-order valence-electron chi connectivity index (χ1n) is 17.0. The van der Waals surface area contributed by atoms with Gasteiger partial charge in [0.05, 0.1) is 34.2 Å². The molecule has 6 heterocycles. The van der Waals surface area contributed by atoms with Crippen LogP contribution in [0.2, 0.25) is 0 Å². The average molecular weight is 602 g/mol. The number of fused-ring (bicyclic) bond motifs is 6. The third-order valence-corrected chi connectivity index (χ3v) is 9.94. The number of nitrogens with one attached hydrogen (secondary N) is 2. The van der Waals surface area contributed by atoms with Crippen molar-refractivity contribution < 1.29 is 4.84 Å². The number of nitrogens with zero attached hydrogens (tertiary/aromatic N) is 3. The minimum Gasteiger partial charge on any atom is -0.355 e. The summed E-state index contributed by atoms with van der Waals surface area (Å²) in [5.74, 6) is 0. The summed E-state index contributed by atoms with van der Waals surface area (Å²) in [5, 5.41) is 0.